The van der Waals surface area contributed by atoms with Crippen molar-refractivity contribution in [1.29, 1.82) is 0 Å². The normalized spacial score (nSPS) is 54.6. The van der Waals surface area contributed by atoms with Crippen LogP contribution in [-0.2, 0) is 28.5 Å². The van der Waals surface area contributed by atoms with E-state index in [0.29, 0.717) is 25.6 Å². The van der Waals surface area contributed by atoms with Crippen LogP contribution in [0.15, 0.2) is 23.3 Å². The van der Waals surface area contributed by atoms with Gasteiger partial charge in [-0.3, -0.25) is 0 Å². The largest absolute Gasteiger partial charge is 0.458 e. The smallest absolute Gasteiger partial charge is 0.331 e. The zero-order valence-corrected chi connectivity index (χ0v) is 22.1. The van der Waals surface area contributed by atoms with E-state index in [4.69, 9.17) is 23.7 Å². The fourth-order valence-corrected chi connectivity index (χ4v) is 9.81. The van der Waals surface area contributed by atoms with Crippen molar-refractivity contribution in [2.24, 2.45) is 28.6 Å². The van der Waals surface area contributed by atoms with Gasteiger partial charge in [0.05, 0.1) is 18.3 Å². The van der Waals surface area contributed by atoms with Crippen molar-refractivity contribution in [2.75, 3.05) is 20.3 Å². The topological polar surface area (TPSA) is 104 Å². The maximum atomic E-state index is 12.5. The average molecular weight is 517 g/mol. The van der Waals surface area contributed by atoms with E-state index in [1.807, 2.05) is 0 Å². The van der Waals surface area contributed by atoms with Crippen LogP contribution in [0, 0.1) is 28.6 Å². The molecule has 8 heteroatoms. The highest BCUT2D eigenvalue weighted by Gasteiger charge is 2.68. The first-order chi connectivity index (χ1) is 17.6. The highest BCUT2D eigenvalue weighted by Crippen LogP contribution is 2.69. The number of carbonyl (C=O) groups excluding carboxylic acids is 1. The Hall–Kier alpha value is -1.29. The molecule has 3 heterocycles. The number of rotatable bonds is 2. The molecule has 4 aliphatic carbocycles. The fraction of sp³-hybridized carbons (Fsp3) is 0.828. The van der Waals surface area contributed by atoms with Crippen molar-refractivity contribution in [1.82, 2.24) is 0 Å². The van der Waals surface area contributed by atoms with Gasteiger partial charge in [0, 0.05) is 25.0 Å². The maximum Gasteiger partial charge on any atom is 0.331 e. The minimum absolute atomic E-state index is 0.143. The van der Waals surface area contributed by atoms with Crippen molar-refractivity contribution in [2.45, 2.75) is 101 Å². The first-order valence-corrected chi connectivity index (χ1v) is 14.1. The van der Waals surface area contributed by atoms with Crippen LogP contribution < -0.4 is 0 Å². The van der Waals surface area contributed by atoms with Crippen LogP contribution in [0.4, 0.5) is 0 Å². The number of esters is 1. The molecule has 0 radical (unpaired) electrons. The number of carbonyl (C=O) groups is 1. The van der Waals surface area contributed by atoms with Crippen molar-refractivity contribution in [3.63, 3.8) is 0 Å². The number of hydrogen-bond donors (Lipinski definition) is 2. The van der Waals surface area contributed by atoms with Gasteiger partial charge >= 0.3 is 5.97 Å². The molecule has 7 rings (SSSR count). The van der Waals surface area contributed by atoms with Gasteiger partial charge in [0.2, 0.25) is 12.1 Å². The summed E-state index contributed by atoms with van der Waals surface area (Å²) in [5.41, 5.74) is 1.27. The van der Waals surface area contributed by atoms with E-state index >= 15 is 0 Å². The lowest BCUT2D eigenvalue weighted by molar-refractivity contribution is -0.442. The van der Waals surface area contributed by atoms with Crippen LogP contribution in [0.3, 0.4) is 0 Å². The number of fused-ring (bicyclic) bond motifs is 7. The molecule has 0 spiro atoms. The van der Waals surface area contributed by atoms with E-state index in [0.717, 1.165) is 50.5 Å². The summed E-state index contributed by atoms with van der Waals surface area (Å²) in [7, 11) is 1.59. The minimum Gasteiger partial charge on any atom is -0.458 e. The Morgan fingerprint density at radius 2 is 1.92 bits per heavy atom. The monoisotopic (exact) mass is 516 g/mol. The van der Waals surface area contributed by atoms with Crippen molar-refractivity contribution < 1.29 is 38.7 Å². The molecule has 204 valence electrons. The second-order valence-corrected chi connectivity index (χ2v) is 13.1. The molecular weight excluding hydrogens is 476 g/mol. The predicted molar refractivity (Wildman–Crippen MR) is 131 cm³/mol. The van der Waals surface area contributed by atoms with Crippen LogP contribution >= 0.6 is 0 Å². The molecular formula is C29H40O8. The van der Waals surface area contributed by atoms with E-state index in [-0.39, 0.29) is 40.8 Å². The van der Waals surface area contributed by atoms with Crippen LogP contribution in [0.2, 0.25) is 0 Å². The summed E-state index contributed by atoms with van der Waals surface area (Å²) in [6.07, 6.45) is 8.71. The second kappa shape index (κ2) is 8.12. The Balaban J connectivity index is 1.18. The van der Waals surface area contributed by atoms with E-state index in [1.165, 1.54) is 5.57 Å². The van der Waals surface area contributed by atoms with Crippen LogP contribution in [0.1, 0.15) is 65.2 Å². The van der Waals surface area contributed by atoms with Gasteiger partial charge in [-0.15, -0.1) is 0 Å². The Kier molecular flexibility index (Phi) is 5.42. The molecule has 7 aliphatic rings. The lowest BCUT2D eigenvalue weighted by Gasteiger charge is -2.63. The van der Waals surface area contributed by atoms with Crippen LogP contribution in [0.25, 0.3) is 0 Å². The van der Waals surface area contributed by atoms with Gasteiger partial charge in [0.1, 0.15) is 18.8 Å². The molecule has 0 aromatic heterocycles. The zero-order chi connectivity index (χ0) is 25.8. The number of methoxy groups -OCH3 is 1. The van der Waals surface area contributed by atoms with E-state index < -0.39 is 23.8 Å². The van der Waals surface area contributed by atoms with Crippen molar-refractivity contribution in [3.8, 4) is 0 Å². The first kappa shape index (κ1) is 24.7. The SMILES string of the molecule is CO[C@H]1CCO[C@@H]2O[C@@H]3C=C4CC[C@@H]5[C@H](CC[C@]6(C)[C@H](C7=CC(=O)OC7)CC[C@]56O)[C@@]4(C)C[C@H]3O[C@]21O. The molecule has 2 N–H and O–H groups in total. The molecule has 8 nitrogen and oxygen atoms in total. The Labute approximate surface area is 218 Å². The standard InChI is InChI=1S/C29H40O8/c1-26-14-22-21(36-25-29(32,37-22)23(33-3)8-11-34-25)13-17(26)4-5-20-19(26)6-9-27(2)18(7-10-28(20,27)31)16-12-24(30)35-15-16/h12-13,18-23,25,31-32H,4-11,14-15H2,1-3H3/t18-,19-,20+,21+,22+,23-,25+,26-,27+,28-,29-/m0/s1. The van der Waals surface area contributed by atoms with Crippen molar-refractivity contribution >= 4 is 5.97 Å². The molecule has 3 saturated carbocycles. The summed E-state index contributed by atoms with van der Waals surface area (Å²) in [6, 6.07) is 0. The predicted octanol–water partition coefficient (Wildman–Crippen LogP) is 3.01. The molecule has 0 aromatic carbocycles. The molecule has 11 atom stereocenters. The quantitative estimate of drug-likeness (QED) is 0.427. The van der Waals surface area contributed by atoms with Crippen molar-refractivity contribution in [3.05, 3.63) is 23.3 Å². The number of allylic oxidation sites excluding steroid dienone is 1. The summed E-state index contributed by atoms with van der Waals surface area (Å²) < 4.78 is 29.3. The summed E-state index contributed by atoms with van der Waals surface area (Å²) in [6.45, 7) is 5.40. The lowest BCUT2D eigenvalue weighted by Crippen LogP contribution is -2.68. The Bertz CT molecular complexity index is 1050. The third kappa shape index (κ3) is 3.20. The summed E-state index contributed by atoms with van der Waals surface area (Å²) in [4.78, 5) is 11.8. The average Bonchev–Trinajstić information content (AvgIpc) is 3.40. The number of ether oxygens (including phenoxy) is 5. The number of aliphatic hydroxyl groups is 2. The zero-order valence-electron chi connectivity index (χ0n) is 22.1. The van der Waals surface area contributed by atoms with Gasteiger partial charge in [-0.05, 0) is 73.7 Å². The third-order valence-corrected chi connectivity index (χ3v) is 11.8. The lowest BCUT2D eigenvalue weighted by atomic mass is 9.45. The van der Waals surface area contributed by atoms with Gasteiger partial charge < -0.3 is 33.9 Å². The maximum absolute atomic E-state index is 12.5. The highest BCUT2D eigenvalue weighted by atomic mass is 16.8. The summed E-state index contributed by atoms with van der Waals surface area (Å²) in [5.74, 6) is -1.20. The van der Waals surface area contributed by atoms with E-state index in [9.17, 15) is 15.0 Å². The number of cyclic esters (lactones) is 1. The molecule has 0 bridgehead atoms. The summed E-state index contributed by atoms with van der Waals surface area (Å²) >= 11 is 0. The number of hydrogen-bond acceptors (Lipinski definition) is 8. The first-order valence-electron chi connectivity index (χ1n) is 14.1. The van der Waals surface area contributed by atoms with E-state index in [2.05, 4.69) is 19.9 Å². The second-order valence-electron chi connectivity index (χ2n) is 13.1. The van der Waals surface area contributed by atoms with Gasteiger partial charge in [-0.25, -0.2) is 4.79 Å². The van der Waals surface area contributed by atoms with E-state index in [1.54, 1.807) is 13.2 Å². The fourth-order valence-electron chi connectivity index (χ4n) is 9.81. The molecule has 37 heavy (non-hydrogen) atoms. The van der Waals surface area contributed by atoms with Gasteiger partial charge in [0.25, 0.3) is 0 Å². The minimum atomic E-state index is -1.62. The van der Waals surface area contributed by atoms with Crippen LogP contribution in [-0.4, -0.2) is 72.5 Å². The molecule has 0 aromatic rings. The Morgan fingerprint density at radius 1 is 1.08 bits per heavy atom. The van der Waals surface area contributed by atoms with Gasteiger partial charge in [-0.1, -0.05) is 25.5 Å². The molecule has 0 unspecified atom stereocenters. The molecule has 3 aliphatic heterocycles. The summed E-state index contributed by atoms with van der Waals surface area (Å²) in [5, 5.41) is 23.9. The molecule has 2 saturated heterocycles. The Morgan fingerprint density at radius 3 is 2.68 bits per heavy atom. The molecule has 0 amide bonds. The van der Waals surface area contributed by atoms with Gasteiger partial charge in [0.15, 0.2) is 0 Å². The third-order valence-electron chi connectivity index (χ3n) is 11.8. The molecule has 5 fully saturated rings. The van der Waals surface area contributed by atoms with Crippen LogP contribution in [0.5, 0.6) is 0 Å². The highest BCUT2D eigenvalue weighted by molar-refractivity contribution is 5.85. The van der Waals surface area contributed by atoms with Gasteiger partial charge in [-0.2, -0.15) is 0 Å².